The fourth-order valence-corrected chi connectivity index (χ4v) is 14.2. The quantitative estimate of drug-likeness (QED) is 0.142. The molecule has 4 aliphatic rings. The van der Waals surface area contributed by atoms with Crippen LogP contribution in [0.5, 0.6) is 11.5 Å². The van der Waals surface area contributed by atoms with Crippen LogP contribution in [0.2, 0.25) is 0 Å². The summed E-state index contributed by atoms with van der Waals surface area (Å²) in [7, 11) is 0. The average Bonchev–Trinajstić information content (AvgIpc) is 2.37. The van der Waals surface area contributed by atoms with Gasteiger partial charge in [0, 0.05) is 85.2 Å². The molecule has 380 valence electrons. The second-order valence-electron chi connectivity index (χ2n) is 21.8. The minimum Gasteiger partial charge on any atom is -0.458 e. The number of benzene rings is 12. The molecule has 0 N–H and O–H groups in total. The maximum absolute atomic E-state index is 7.69. The fraction of sp³-hybridized carbons (Fsp3) is 0. The Morgan fingerprint density at radius 1 is 0.341 bits per heavy atom. The van der Waals surface area contributed by atoms with Crippen molar-refractivity contribution < 1.29 is 4.74 Å². The van der Waals surface area contributed by atoms with Crippen LogP contribution in [0.25, 0.3) is 55.6 Å². The number of hydrogen-bond donors (Lipinski definition) is 0. The van der Waals surface area contributed by atoms with E-state index in [1.54, 1.807) is 0 Å². The molecule has 0 atom stereocenters. The molecule has 0 radical (unpaired) electrons. The first-order valence-corrected chi connectivity index (χ1v) is 28.2. The summed E-state index contributed by atoms with van der Waals surface area (Å²) in [4.78, 5) is 12.8. The van der Waals surface area contributed by atoms with Gasteiger partial charge in [-0.1, -0.05) is 176 Å². The van der Waals surface area contributed by atoms with Gasteiger partial charge in [-0.15, -0.1) is 0 Å². The van der Waals surface area contributed by atoms with Crippen molar-refractivity contribution in [1.82, 2.24) is 14.1 Å². The molecular formula is C73H46B2N6O. The highest BCUT2D eigenvalue weighted by molar-refractivity contribution is 7.02. The van der Waals surface area contributed by atoms with Crippen LogP contribution in [0.1, 0.15) is 0 Å². The van der Waals surface area contributed by atoms with Crippen LogP contribution >= 0.6 is 0 Å². The molecule has 2 aromatic heterocycles. The third-order valence-corrected chi connectivity index (χ3v) is 17.4. The van der Waals surface area contributed by atoms with E-state index in [1.807, 2.05) is 0 Å². The van der Waals surface area contributed by atoms with Gasteiger partial charge in [0.1, 0.15) is 17.3 Å². The van der Waals surface area contributed by atoms with E-state index in [-0.39, 0.29) is 13.4 Å². The van der Waals surface area contributed by atoms with Gasteiger partial charge >= 0.3 is 0 Å². The average molecular weight is 1040 g/mol. The first kappa shape index (κ1) is 45.1. The minimum atomic E-state index is -0.169. The molecule has 0 bridgehead atoms. The van der Waals surface area contributed by atoms with E-state index < -0.39 is 0 Å². The number of ether oxygens (including phenoxy) is 1. The Bertz CT molecular complexity index is 4840. The van der Waals surface area contributed by atoms with Gasteiger partial charge in [0.25, 0.3) is 13.4 Å². The molecule has 0 saturated heterocycles. The Hall–Kier alpha value is -10.8. The summed E-state index contributed by atoms with van der Waals surface area (Å²) < 4.78 is 12.7. The van der Waals surface area contributed by atoms with Crippen LogP contribution in [0.3, 0.4) is 0 Å². The molecule has 0 amide bonds. The first-order valence-electron chi connectivity index (χ1n) is 28.2. The molecule has 6 heterocycles. The van der Waals surface area contributed by atoms with Crippen molar-refractivity contribution in [2.24, 2.45) is 0 Å². The van der Waals surface area contributed by atoms with Gasteiger partial charge in [-0.05, 0) is 124 Å². The molecule has 82 heavy (non-hydrogen) atoms. The highest BCUT2D eigenvalue weighted by Crippen LogP contribution is 2.48. The lowest BCUT2D eigenvalue weighted by Gasteiger charge is -2.42. The Morgan fingerprint density at radius 2 is 0.854 bits per heavy atom. The van der Waals surface area contributed by atoms with Gasteiger partial charge < -0.3 is 24.0 Å². The maximum atomic E-state index is 7.69. The SMILES string of the molecule is c1ccc(-c2nc3cccc4c3n2-c2cc(N(c3ccccc3)c3ccccc3)cc3c2B4c2cc4c(cc2N3c2ccccc2)Oc2cc(N(c3ccccc3)c3ccccc3)cc3c2B4c2cccc4c5ccccc5n-3c24)cc1. The highest BCUT2D eigenvalue weighted by Gasteiger charge is 2.47. The van der Waals surface area contributed by atoms with Crippen molar-refractivity contribution >= 4 is 130 Å². The standard InChI is InChI=1S/C73H46B2N6O/c1-7-23-47(24-8-1)73-76-61-39-22-38-58-72(61)81(73)65-42-53(77(48-25-9-2-10-26-48)49-27-11-3-12-28-49)41-64-69(65)74(58)59-45-60-67(46-63(59)79(64)52-33-17-6-18-34-52)82-68-44-54(78(50-29-13-4-14-30-50)51-31-15-5-16-32-51)43-66-70(68)75(60)57-37-21-36-56-55-35-19-20-40-62(55)80(66)71(56)57/h1-46H. The lowest BCUT2D eigenvalue weighted by molar-refractivity contribution is 0.487. The van der Waals surface area contributed by atoms with E-state index >= 15 is 0 Å². The molecule has 0 spiro atoms. The predicted octanol–water partition coefficient (Wildman–Crippen LogP) is 14.3. The highest BCUT2D eigenvalue weighted by atomic mass is 16.5. The number of nitrogens with zero attached hydrogens (tertiary/aromatic N) is 6. The van der Waals surface area contributed by atoms with Crippen LogP contribution < -0.4 is 52.2 Å². The zero-order valence-electron chi connectivity index (χ0n) is 44.3. The molecule has 18 rings (SSSR count). The summed E-state index contributed by atoms with van der Waals surface area (Å²) in [5.41, 5.74) is 24.5. The van der Waals surface area contributed by atoms with Crippen molar-refractivity contribution in [3.05, 3.63) is 279 Å². The summed E-state index contributed by atoms with van der Waals surface area (Å²) in [6, 6.07) is 101. The summed E-state index contributed by atoms with van der Waals surface area (Å²) >= 11 is 0. The van der Waals surface area contributed by atoms with Crippen molar-refractivity contribution in [3.8, 4) is 34.3 Å². The molecule has 12 aromatic carbocycles. The topological polar surface area (TPSA) is 41.7 Å². The molecule has 0 fully saturated rings. The van der Waals surface area contributed by atoms with Crippen LogP contribution in [0.4, 0.5) is 51.2 Å². The Labute approximate surface area is 474 Å². The van der Waals surface area contributed by atoms with Crippen LogP contribution in [0.15, 0.2) is 279 Å². The molecule has 4 aliphatic heterocycles. The minimum absolute atomic E-state index is 0.149. The normalized spacial score (nSPS) is 12.9. The van der Waals surface area contributed by atoms with Crippen molar-refractivity contribution in [3.63, 3.8) is 0 Å². The third-order valence-electron chi connectivity index (χ3n) is 17.4. The van der Waals surface area contributed by atoms with E-state index in [4.69, 9.17) is 9.72 Å². The van der Waals surface area contributed by atoms with Crippen LogP contribution in [-0.4, -0.2) is 27.5 Å². The number of hydrogen-bond acceptors (Lipinski definition) is 5. The Morgan fingerprint density at radius 3 is 1.50 bits per heavy atom. The molecular weight excluding hydrogens is 998 g/mol. The predicted molar refractivity (Wildman–Crippen MR) is 341 cm³/mol. The number of para-hydroxylation sites is 8. The first-order chi connectivity index (χ1) is 40.7. The zero-order chi connectivity index (χ0) is 53.6. The van der Waals surface area contributed by atoms with Crippen molar-refractivity contribution in [2.75, 3.05) is 14.7 Å². The number of aromatic nitrogens is 3. The summed E-state index contributed by atoms with van der Waals surface area (Å²) in [5, 5.41) is 2.47. The van der Waals surface area contributed by atoms with Crippen LogP contribution in [0, 0.1) is 0 Å². The second-order valence-corrected chi connectivity index (χ2v) is 21.8. The molecule has 14 aromatic rings. The number of imidazole rings is 1. The number of anilines is 9. The summed E-state index contributed by atoms with van der Waals surface area (Å²) in [6.07, 6.45) is 0. The van der Waals surface area contributed by atoms with E-state index in [1.165, 1.54) is 49.1 Å². The molecule has 0 saturated carbocycles. The Balaban J connectivity index is 0.945. The third kappa shape index (κ3) is 6.41. The van der Waals surface area contributed by atoms with Gasteiger partial charge in [-0.3, -0.25) is 4.57 Å². The molecule has 0 aliphatic carbocycles. The van der Waals surface area contributed by atoms with Gasteiger partial charge in [0.15, 0.2) is 0 Å². The molecule has 9 heteroatoms. The van der Waals surface area contributed by atoms with Crippen molar-refractivity contribution in [1.29, 1.82) is 0 Å². The van der Waals surface area contributed by atoms with E-state index in [2.05, 4.69) is 303 Å². The summed E-state index contributed by atoms with van der Waals surface area (Å²) in [6.45, 7) is -0.319. The van der Waals surface area contributed by atoms with Crippen LogP contribution in [-0.2, 0) is 0 Å². The second kappa shape index (κ2) is 17.4. The van der Waals surface area contributed by atoms with Gasteiger partial charge in [0.2, 0.25) is 0 Å². The lowest BCUT2D eigenvalue weighted by atomic mass is 9.31. The smallest absolute Gasteiger partial charge is 0.256 e. The molecule has 7 nitrogen and oxygen atoms in total. The van der Waals surface area contributed by atoms with E-state index in [9.17, 15) is 0 Å². The lowest BCUT2D eigenvalue weighted by Crippen LogP contribution is -2.63. The number of fused-ring (bicyclic) bond motifs is 11. The molecule has 0 unspecified atom stereocenters. The fourth-order valence-electron chi connectivity index (χ4n) is 14.2. The van der Waals surface area contributed by atoms with E-state index in [0.29, 0.717) is 0 Å². The van der Waals surface area contributed by atoms with Crippen molar-refractivity contribution in [2.45, 2.75) is 0 Å². The van der Waals surface area contributed by atoms with Gasteiger partial charge in [-0.2, -0.15) is 0 Å². The van der Waals surface area contributed by atoms with Gasteiger partial charge in [-0.25, -0.2) is 4.98 Å². The van der Waals surface area contributed by atoms with Gasteiger partial charge in [0.05, 0.1) is 27.9 Å². The maximum Gasteiger partial charge on any atom is 0.256 e. The largest absolute Gasteiger partial charge is 0.458 e. The monoisotopic (exact) mass is 1040 g/mol. The Kier molecular flexibility index (Phi) is 9.56. The number of rotatable bonds is 8. The van der Waals surface area contributed by atoms with E-state index in [0.717, 1.165) is 102 Å². The zero-order valence-corrected chi connectivity index (χ0v) is 44.3. The summed E-state index contributed by atoms with van der Waals surface area (Å²) in [5.74, 6) is 2.60.